The SMILES string of the molecule is CCNC(=NCCCN1C(=O)COc2ccccc21)NC1CCC(O)CC1.I. The molecule has 1 aliphatic carbocycles. The van der Waals surface area contributed by atoms with Gasteiger partial charge in [0.2, 0.25) is 0 Å². The molecule has 0 unspecified atom stereocenters. The van der Waals surface area contributed by atoms with Crippen LogP contribution in [0.3, 0.4) is 0 Å². The monoisotopic (exact) mass is 502 g/mol. The minimum atomic E-state index is -0.156. The van der Waals surface area contributed by atoms with Crippen molar-refractivity contribution in [2.45, 2.75) is 51.2 Å². The Morgan fingerprint density at radius 3 is 2.79 bits per heavy atom. The number of aliphatic imine (C=N–C) groups is 1. The molecule has 0 spiro atoms. The van der Waals surface area contributed by atoms with Gasteiger partial charge in [0.1, 0.15) is 5.75 Å². The molecular weight excluding hydrogens is 471 g/mol. The summed E-state index contributed by atoms with van der Waals surface area (Å²) in [7, 11) is 0. The van der Waals surface area contributed by atoms with E-state index in [-0.39, 0.29) is 42.6 Å². The number of anilines is 1. The number of halogens is 1. The summed E-state index contributed by atoms with van der Waals surface area (Å²) in [5, 5.41) is 16.4. The van der Waals surface area contributed by atoms with Gasteiger partial charge in [0, 0.05) is 25.7 Å². The maximum atomic E-state index is 12.2. The highest BCUT2D eigenvalue weighted by Crippen LogP contribution is 2.31. The van der Waals surface area contributed by atoms with Crippen LogP contribution in [-0.2, 0) is 4.79 Å². The average Bonchev–Trinajstić information content (AvgIpc) is 2.68. The van der Waals surface area contributed by atoms with Gasteiger partial charge in [-0.3, -0.25) is 9.79 Å². The first-order valence-corrected chi connectivity index (χ1v) is 9.92. The van der Waals surface area contributed by atoms with E-state index in [0.717, 1.165) is 56.0 Å². The van der Waals surface area contributed by atoms with Crippen LogP contribution in [0.1, 0.15) is 39.0 Å². The van der Waals surface area contributed by atoms with Crippen molar-refractivity contribution in [3.63, 3.8) is 0 Å². The van der Waals surface area contributed by atoms with Gasteiger partial charge in [0.05, 0.1) is 11.8 Å². The minimum absolute atomic E-state index is 0. The van der Waals surface area contributed by atoms with Crippen molar-refractivity contribution in [2.75, 3.05) is 31.1 Å². The number of benzene rings is 1. The molecule has 8 heteroatoms. The summed E-state index contributed by atoms with van der Waals surface area (Å²) < 4.78 is 5.48. The van der Waals surface area contributed by atoms with Crippen LogP contribution in [0.4, 0.5) is 5.69 Å². The van der Waals surface area contributed by atoms with Crippen molar-refractivity contribution in [1.29, 1.82) is 0 Å². The zero-order valence-corrected chi connectivity index (χ0v) is 18.7. The quantitative estimate of drug-likeness (QED) is 0.241. The van der Waals surface area contributed by atoms with Gasteiger partial charge in [0.25, 0.3) is 5.91 Å². The van der Waals surface area contributed by atoms with E-state index in [1.807, 2.05) is 31.2 Å². The number of hydrogen-bond donors (Lipinski definition) is 3. The standard InChI is InChI=1S/C20H30N4O3.HI/c1-2-21-20(23-15-8-10-16(25)11-9-15)22-12-5-13-24-17-6-3-4-7-18(17)27-14-19(24)26;/h3-4,6-7,15-16,25H,2,5,8-14H2,1H3,(H2,21,22,23);1H. The normalized spacial score (nSPS) is 22.0. The van der Waals surface area contributed by atoms with Gasteiger partial charge in [-0.1, -0.05) is 12.1 Å². The fourth-order valence-corrected chi connectivity index (χ4v) is 3.55. The number of nitrogens with zero attached hydrogens (tertiary/aromatic N) is 2. The molecular formula is C20H31IN4O3. The number of carbonyl (C=O) groups excluding carboxylic acids is 1. The molecule has 28 heavy (non-hydrogen) atoms. The van der Waals surface area contributed by atoms with Gasteiger partial charge in [-0.25, -0.2) is 0 Å². The highest BCUT2D eigenvalue weighted by atomic mass is 127. The Morgan fingerprint density at radius 1 is 1.29 bits per heavy atom. The largest absolute Gasteiger partial charge is 0.482 e. The first-order chi connectivity index (χ1) is 13.2. The highest BCUT2D eigenvalue weighted by molar-refractivity contribution is 14.0. The minimum Gasteiger partial charge on any atom is -0.482 e. The summed E-state index contributed by atoms with van der Waals surface area (Å²) in [6, 6.07) is 7.99. The highest BCUT2D eigenvalue weighted by Gasteiger charge is 2.24. The van der Waals surface area contributed by atoms with E-state index in [2.05, 4.69) is 15.6 Å². The fourth-order valence-electron chi connectivity index (χ4n) is 3.55. The Kier molecular flexibility index (Phi) is 9.30. The van der Waals surface area contributed by atoms with E-state index in [4.69, 9.17) is 4.74 Å². The molecule has 3 N–H and O–H groups in total. The van der Waals surface area contributed by atoms with E-state index in [1.54, 1.807) is 4.90 Å². The Labute approximate surface area is 183 Å². The van der Waals surface area contributed by atoms with Crippen molar-refractivity contribution in [1.82, 2.24) is 10.6 Å². The smallest absolute Gasteiger partial charge is 0.265 e. The third-order valence-electron chi connectivity index (χ3n) is 5.00. The predicted octanol–water partition coefficient (Wildman–Crippen LogP) is 2.28. The lowest BCUT2D eigenvalue weighted by atomic mass is 9.93. The predicted molar refractivity (Wildman–Crippen MR) is 122 cm³/mol. The van der Waals surface area contributed by atoms with Gasteiger partial charge in [-0.2, -0.15) is 0 Å². The molecule has 7 nitrogen and oxygen atoms in total. The van der Waals surface area contributed by atoms with Crippen molar-refractivity contribution in [2.24, 2.45) is 4.99 Å². The number of ether oxygens (including phenoxy) is 1. The van der Waals surface area contributed by atoms with Crippen LogP contribution in [0.25, 0.3) is 0 Å². The molecule has 0 saturated heterocycles. The summed E-state index contributed by atoms with van der Waals surface area (Å²) in [6.45, 7) is 4.20. The number of carbonyl (C=O) groups is 1. The Morgan fingerprint density at radius 2 is 2.04 bits per heavy atom. The third-order valence-corrected chi connectivity index (χ3v) is 5.00. The molecule has 3 rings (SSSR count). The van der Waals surface area contributed by atoms with Crippen LogP contribution in [0.5, 0.6) is 5.75 Å². The topological polar surface area (TPSA) is 86.2 Å². The van der Waals surface area contributed by atoms with E-state index >= 15 is 0 Å². The Bertz CT molecular complexity index is 663. The summed E-state index contributed by atoms with van der Waals surface area (Å²) in [4.78, 5) is 18.6. The van der Waals surface area contributed by atoms with E-state index < -0.39 is 0 Å². The van der Waals surface area contributed by atoms with Crippen LogP contribution < -0.4 is 20.3 Å². The molecule has 1 aromatic carbocycles. The van der Waals surface area contributed by atoms with Crippen LogP contribution >= 0.6 is 24.0 Å². The summed E-state index contributed by atoms with van der Waals surface area (Å²) in [5.74, 6) is 1.56. The molecule has 0 aromatic heterocycles. The van der Waals surface area contributed by atoms with Gasteiger partial charge >= 0.3 is 0 Å². The zero-order valence-electron chi connectivity index (χ0n) is 16.4. The number of fused-ring (bicyclic) bond motifs is 1. The van der Waals surface area contributed by atoms with Crippen LogP contribution in [0, 0.1) is 0 Å². The number of rotatable bonds is 6. The van der Waals surface area contributed by atoms with Crippen LogP contribution in [0.15, 0.2) is 29.3 Å². The lowest BCUT2D eigenvalue weighted by Crippen LogP contribution is -2.45. The molecule has 1 fully saturated rings. The van der Waals surface area contributed by atoms with Gasteiger partial charge < -0.3 is 25.4 Å². The van der Waals surface area contributed by atoms with Gasteiger partial charge in [-0.05, 0) is 51.2 Å². The van der Waals surface area contributed by atoms with Crippen LogP contribution in [-0.4, -0.2) is 55.4 Å². The number of para-hydroxylation sites is 2. The second kappa shape index (κ2) is 11.5. The summed E-state index contributed by atoms with van der Waals surface area (Å²) in [5.41, 5.74) is 0.837. The second-order valence-electron chi connectivity index (χ2n) is 7.07. The molecule has 1 saturated carbocycles. The van der Waals surface area contributed by atoms with E-state index in [9.17, 15) is 9.90 Å². The molecule has 0 atom stereocenters. The number of aliphatic hydroxyl groups is 1. The fraction of sp³-hybridized carbons (Fsp3) is 0.600. The van der Waals surface area contributed by atoms with E-state index in [0.29, 0.717) is 19.1 Å². The summed E-state index contributed by atoms with van der Waals surface area (Å²) >= 11 is 0. The average molecular weight is 502 g/mol. The van der Waals surface area contributed by atoms with Gasteiger partial charge in [-0.15, -0.1) is 24.0 Å². The number of amides is 1. The van der Waals surface area contributed by atoms with Gasteiger partial charge in [0.15, 0.2) is 12.6 Å². The molecule has 1 amide bonds. The number of guanidine groups is 1. The molecule has 0 radical (unpaired) electrons. The van der Waals surface area contributed by atoms with Crippen molar-refractivity contribution < 1.29 is 14.6 Å². The molecule has 156 valence electrons. The van der Waals surface area contributed by atoms with Crippen molar-refractivity contribution >= 4 is 41.5 Å². The third kappa shape index (κ3) is 6.23. The molecule has 1 aromatic rings. The zero-order chi connectivity index (χ0) is 19.1. The van der Waals surface area contributed by atoms with Crippen LogP contribution in [0.2, 0.25) is 0 Å². The number of hydrogen-bond acceptors (Lipinski definition) is 4. The first kappa shape index (κ1) is 22.7. The maximum Gasteiger partial charge on any atom is 0.265 e. The van der Waals surface area contributed by atoms with Crippen molar-refractivity contribution in [3.8, 4) is 5.75 Å². The lowest BCUT2D eigenvalue weighted by molar-refractivity contribution is -0.121. The lowest BCUT2D eigenvalue weighted by Gasteiger charge is -2.29. The Balaban J connectivity index is 0.00000280. The number of aliphatic hydroxyl groups excluding tert-OH is 1. The van der Waals surface area contributed by atoms with E-state index in [1.165, 1.54) is 0 Å². The molecule has 1 heterocycles. The second-order valence-corrected chi connectivity index (χ2v) is 7.07. The first-order valence-electron chi connectivity index (χ1n) is 9.92. The van der Waals surface area contributed by atoms with Crippen molar-refractivity contribution in [3.05, 3.63) is 24.3 Å². The molecule has 0 bridgehead atoms. The maximum absolute atomic E-state index is 12.2. The number of nitrogens with one attached hydrogen (secondary N) is 2. The Hall–Kier alpha value is -1.55. The summed E-state index contributed by atoms with van der Waals surface area (Å²) in [6.07, 6.45) is 4.23. The molecule has 2 aliphatic rings. The molecule has 1 aliphatic heterocycles.